The highest BCUT2D eigenvalue weighted by Crippen LogP contribution is 2.16. The molecule has 2 N–H and O–H groups in total. The van der Waals surface area contributed by atoms with Crippen LogP contribution in [0.15, 0.2) is 24.3 Å². The van der Waals surface area contributed by atoms with E-state index in [4.69, 9.17) is 4.74 Å². The Morgan fingerprint density at radius 3 is 3.16 bits per heavy atom. The Kier molecular flexibility index (Phi) is 5.63. The van der Waals surface area contributed by atoms with E-state index in [0.29, 0.717) is 11.8 Å². The fourth-order valence-corrected chi connectivity index (χ4v) is 2.42. The number of rotatable bonds is 6. The number of phenolic OH excluding ortho intramolecular Hbond substituents is 1. The van der Waals surface area contributed by atoms with Crippen molar-refractivity contribution < 1.29 is 9.84 Å². The Labute approximate surface area is 115 Å². The molecule has 1 atom stereocenters. The van der Waals surface area contributed by atoms with Gasteiger partial charge in [0, 0.05) is 25.7 Å². The van der Waals surface area contributed by atoms with E-state index in [-0.39, 0.29) is 0 Å². The number of nitrogens with zero attached hydrogens (tertiary/aromatic N) is 1. The lowest BCUT2D eigenvalue weighted by Crippen LogP contribution is -2.49. The lowest BCUT2D eigenvalue weighted by atomic mass is 10.1. The van der Waals surface area contributed by atoms with Crippen LogP contribution in [0.4, 0.5) is 0 Å². The van der Waals surface area contributed by atoms with E-state index in [2.05, 4.69) is 23.2 Å². The lowest BCUT2D eigenvalue weighted by molar-refractivity contribution is -0.0108. The summed E-state index contributed by atoms with van der Waals surface area (Å²) >= 11 is 0. The van der Waals surface area contributed by atoms with E-state index in [9.17, 15) is 5.11 Å². The van der Waals surface area contributed by atoms with Crippen LogP contribution in [0.25, 0.3) is 0 Å². The first-order valence-electron chi connectivity index (χ1n) is 7.10. The molecule has 2 rings (SSSR count). The SMILES string of the molecule is CCCNCC1COCCN1Cc1cccc(O)c1. The Bertz CT molecular complexity index is 384. The van der Waals surface area contributed by atoms with Gasteiger partial charge >= 0.3 is 0 Å². The molecule has 0 aliphatic carbocycles. The van der Waals surface area contributed by atoms with E-state index >= 15 is 0 Å². The minimum atomic E-state index is 0.339. The van der Waals surface area contributed by atoms with Gasteiger partial charge in [-0.3, -0.25) is 4.90 Å². The molecule has 1 fully saturated rings. The first kappa shape index (κ1) is 14.3. The second-order valence-electron chi connectivity index (χ2n) is 5.07. The van der Waals surface area contributed by atoms with Gasteiger partial charge in [-0.1, -0.05) is 19.1 Å². The summed E-state index contributed by atoms with van der Waals surface area (Å²) in [6, 6.07) is 7.93. The Morgan fingerprint density at radius 2 is 2.37 bits per heavy atom. The van der Waals surface area contributed by atoms with E-state index in [1.54, 1.807) is 6.07 Å². The van der Waals surface area contributed by atoms with Crippen LogP contribution in [0.3, 0.4) is 0 Å². The van der Waals surface area contributed by atoms with Crippen molar-refractivity contribution in [2.45, 2.75) is 25.9 Å². The predicted octanol–water partition coefficient (Wildman–Crippen LogP) is 1.59. The molecule has 1 aromatic carbocycles. The van der Waals surface area contributed by atoms with Crippen molar-refractivity contribution in [2.75, 3.05) is 32.8 Å². The fourth-order valence-electron chi connectivity index (χ4n) is 2.42. The maximum Gasteiger partial charge on any atom is 0.115 e. The lowest BCUT2D eigenvalue weighted by Gasteiger charge is -2.35. The average molecular weight is 264 g/mol. The van der Waals surface area contributed by atoms with Gasteiger partial charge in [0.1, 0.15) is 5.75 Å². The summed E-state index contributed by atoms with van der Waals surface area (Å²) in [7, 11) is 0. The van der Waals surface area contributed by atoms with Gasteiger partial charge in [0.15, 0.2) is 0 Å². The third-order valence-electron chi connectivity index (χ3n) is 3.45. The molecule has 0 saturated carbocycles. The first-order valence-corrected chi connectivity index (χ1v) is 7.10. The van der Waals surface area contributed by atoms with Crippen LogP contribution in [0.1, 0.15) is 18.9 Å². The molecule has 0 radical (unpaired) electrons. The van der Waals surface area contributed by atoms with Crippen molar-refractivity contribution in [1.29, 1.82) is 0 Å². The number of morpholine rings is 1. The van der Waals surface area contributed by atoms with Crippen molar-refractivity contribution in [3.63, 3.8) is 0 Å². The second-order valence-corrected chi connectivity index (χ2v) is 5.07. The fraction of sp³-hybridized carbons (Fsp3) is 0.600. The van der Waals surface area contributed by atoms with Gasteiger partial charge in [-0.15, -0.1) is 0 Å². The molecule has 1 unspecified atom stereocenters. The topological polar surface area (TPSA) is 44.7 Å². The smallest absolute Gasteiger partial charge is 0.115 e. The second kappa shape index (κ2) is 7.48. The number of hydrogen-bond acceptors (Lipinski definition) is 4. The first-order chi connectivity index (χ1) is 9.29. The Balaban J connectivity index is 1.91. The summed E-state index contributed by atoms with van der Waals surface area (Å²) in [5.74, 6) is 0.339. The monoisotopic (exact) mass is 264 g/mol. The predicted molar refractivity (Wildman–Crippen MR) is 76.3 cm³/mol. The van der Waals surface area contributed by atoms with Gasteiger partial charge in [0.25, 0.3) is 0 Å². The van der Waals surface area contributed by atoms with Crippen molar-refractivity contribution in [2.24, 2.45) is 0 Å². The van der Waals surface area contributed by atoms with E-state index in [0.717, 1.165) is 51.4 Å². The molecule has 1 aromatic rings. The van der Waals surface area contributed by atoms with Gasteiger partial charge in [-0.25, -0.2) is 0 Å². The minimum absolute atomic E-state index is 0.339. The standard InChI is InChI=1S/C15H24N2O2/c1-2-6-16-10-14-12-19-8-7-17(14)11-13-4-3-5-15(18)9-13/h3-5,9,14,16,18H,2,6-8,10-12H2,1H3. The largest absolute Gasteiger partial charge is 0.508 e. The minimum Gasteiger partial charge on any atom is -0.508 e. The molecule has 1 aliphatic heterocycles. The zero-order valence-electron chi connectivity index (χ0n) is 11.6. The van der Waals surface area contributed by atoms with Crippen LogP contribution in [-0.4, -0.2) is 48.9 Å². The van der Waals surface area contributed by atoms with Gasteiger partial charge in [0.2, 0.25) is 0 Å². The summed E-state index contributed by atoms with van der Waals surface area (Å²) < 4.78 is 5.57. The van der Waals surface area contributed by atoms with Crippen LogP contribution in [0.2, 0.25) is 0 Å². The van der Waals surface area contributed by atoms with Crippen molar-refractivity contribution >= 4 is 0 Å². The highest BCUT2D eigenvalue weighted by Gasteiger charge is 2.22. The van der Waals surface area contributed by atoms with E-state index in [1.807, 2.05) is 12.1 Å². The maximum absolute atomic E-state index is 9.53. The number of ether oxygens (including phenoxy) is 1. The third kappa shape index (κ3) is 4.49. The molecule has 0 spiro atoms. The summed E-state index contributed by atoms with van der Waals surface area (Å²) in [5.41, 5.74) is 1.15. The van der Waals surface area contributed by atoms with Crippen molar-refractivity contribution in [1.82, 2.24) is 10.2 Å². The molecular formula is C15H24N2O2. The highest BCUT2D eigenvalue weighted by molar-refractivity contribution is 5.27. The Morgan fingerprint density at radius 1 is 1.47 bits per heavy atom. The number of hydrogen-bond donors (Lipinski definition) is 2. The zero-order valence-corrected chi connectivity index (χ0v) is 11.6. The van der Waals surface area contributed by atoms with Crippen molar-refractivity contribution in [3.05, 3.63) is 29.8 Å². The molecule has 1 heterocycles. The van der Waals surface area contributed by atoms with Crippen LogP contribution in [0.5, 0.6) is 5.75 Å². The molecule has 4 heteroatoms. The number of nitrogens with one attached hydrogen (secondary N) is 1. The van der Waals surface area contributed by atoms with Crippen LogP contribution < -0.4 is 5.32 Å². The number of aromatic hydroxyl groups is 1. The zero-order chi connectivity index (χ0) is 13.5. The summed E-state index contributed by atoms with van der Waals surface area (Å²) in [4.78, 5) is 2.43. The van der Waals surface area contributed by atoms with Crippen molar-refractivity contribution in [3.8, 4) is 5.75 Å². The average Bonchev–Trinajstić information content (AvgIpc) is 2.41. The molecule has 1 aliphatic rings. The molecule has 0 aromatic heterocycles. The van der Waals surface area contributed by atoms with Gasteiger partial charge in [-0.2, -0.15) is 0 Å². The molecule has 0 bridgehead atoms. The van der Waals surface area contributed by atoms with Gasteiger partial charge < -0.3 is 15.2 Å². The summed E-state index contributed by atoms with van der Waals surface area (Å²) in [5, 5.41) is 13.0. The van der Waals surface area contributed by atoms with Crippen LogP contribution >= 0.6 is 0 Å². The van der Waals surface area contributed by atoms with Crippen LogP contribution in [0, 0.1) is 0 Å². The number of phenols is 1. The van der Waals surface area contributed by atoms with E-state index < -0.39 is 0 Å². The molecule has 1 saturated heterocycles. The molecule has 19 heavy (non-hydrogen) atoms. The molecular weight excluding hydrogens is 240 g/mol. The third-order valence-corrected chi connectivity index (χ3v) is 3.45. The van der Waals surface area contributed by atoms with Gasteiger partial charge in [-0.05, 0) is 30.7 Å². The normalized spacial score (nSPS) is 20.6. The summed E-state index contributed by atoms with van der Waals surface area (Å²) in [6.45, 7) is 7.60. The van der Waals surface area contributed by atoms with E-state index in [1.165, 1.54) is 0 Å². The quantitative estimate of drug-likeness (QED) is 0.766. The molecule has 0 amide bonds. The maximum atomic E-state index is 9.53. The van der Waals surface area contributed by atoms with Crippen LogP contribution in [-0.2, 0) is 11.3 Å². The highest BCUT2D eigenvalue weighted by atomic mass is 16.5. The molecule has 106 valence electrons. The Hall–Kier alpha value is -1.10. The molecule has 4 nitrogen and oxygen atoms in total. The number of benzene rings is 1. The van der Waals surface area contributed by atoms with Gasteiger partial charge in [0.05, 0.1) is 13.2 Å². The summed E-state index contributed by atoms with van der Waals surface area (Å²) in [6.07, 6.45) is 1.15.